The summed E-state index contributed by atoms with van der Waals surface area (Å²) in [5.41, 5.74) is 0.405. The molecule has 2 rings (SSSR count). The quantitative estimate of drug-likeness (QED) is 0.761. The molecule has 1 aliphatic carbocycles. The minimum atomic E-state index is -0.188. The van der Waals surface area contributed by atoms with Crippen molar-refractivity contribution in [2.24, 2.45) is 0 Å². The third-order valence-electron chi connectivity index (χ3n) is 2.13. The van der Waals surface area contributed by atoms with E-state index < -0.39 is 0 Å². The summed E-state index contributed by atoms with van der Waals surface area (Å²) in [6.07, 6.45) is 7.27. The van der Waals surface area contributed by atoms with Crippen LogP contribution >= 0.6 is 11.3 Å². The molecule has 1 saturated carbocycles. The molecule has 0 aliphatic heterocycles. The van der Waals surface area contributed by atoms with Crippen LogP contribution in [0.1, 0.15) is 33.0 Å². The zero-order valence-electron chi connectivity index (χ0n) is 7.91. The minimum absolute atomic E-state index is 0.188. The highest BCUT2D eigenvalue weighted by Crippen LogP contribution is 2.23. The number of nitriles is 1. The van der Waals surface area contributed by atoms with E-state index in [0.29, 0.717) is 21.4 Å². The Hall–Kier alpha value is -1.78. The number of nitrogens with one attached hydrogen (secondary N) is 1. The Morgan fingerprint density at radius 3 is 2.93 bits per heavy atom. The van der Waals surface area contributed by atoms with Gasteiger partial charge in [-0.25, -0.2) is 0 Å². The van der Waals surface area contributed by atoms with Gasteiger partial charge in [0.05, 0.1) is 10.4 Å². The lowest BCUT2D eigenvalue weighted by Crippen LogP contribution is -2.25. The predicted molar refractivity (Wildman–Crippen MR) is 57.5 cm³/mol. The molecule has 0 bridgehead atoms. The molecule has 0 radical (unpaired) electrons. The molecular weight excluding hydrogens is 208 g/mol. The number of hydrogen-bond acceptors (Lipinski definition) is 3. The zero-order valence-corrected chi connectivity index (χ0v) is 8.73. The summed E-state index contributed by atoms with van der Waals surface area (Å²) in [5.74, 6) is 2.25. The standard InChI is InChI=1S/C11H8N2OS/c1-2-8-5-9(10(6-12)15-8)11(14)13-7-3-4-7/h1,5,7H,3-4H2,(H,13,14). The fourth-order valence-electron chi connectivity index (χ4n) is 1.20. The van der Waals surface area contributed by atoms with Crippen molar-refractivity contribution in [1.29, 1.82) is 5.26 Å². The van der Waals surface area contributed by atoms with Gasteiger partial charge in [0.15, 0.2) is 0 Å². The van der Waals surface area contributed by atoms with Crippen molar-refractivity contribution in [2.45, 2.75) is 18.9 Å². The summed E-state index contributed by atoms with van der Waals surface area (Å²) in [6, 6.07) is 3.88. The van der Waals surface area contributed by atoms with Crippen LogP contribution in [0.5, 0.6) is 0 Å². The summed E-state index contributed by atoms with van der Waals surface area (Å²) >= 11 is 1.18. The second-order valence-corrected chi connectivity index (χ2v) is 4.41. The van der Waals surface area contributed by atoms with E-state index in [1.165, 1.54) is 11.3 Å². The Bertz CT molecular complexity index is 486. The van der Waals surface area contributed by atoms with Crippen molar-refractivity contribution >= 4 is 17.2 Å². The Balaban J connectivity index is 2.26. The first-order valence-electron chi connectivity index (χ1n) is 4.56. The number of thiophene rings is 1. The van der Waals surface area contributed by atoms with Gasteiger partial charge in [0.1, 0.15) is 10.9 Å². The van der Waals surface area contributed by atoms with E-state index in [2.05, 4.69) is 11.2 Å². The molecule has 1 fully saturated rings. The molecule has 1 N–H and O–H groups in total. The molecule has 1 aromatic heterocycles. The van der Waals surface area contributed by atoms with Crippen LogP contribution in [0.4, 0.5) is 0 Å². The second-order valence-electron chi connectivity index (χ2n) is 3.36. The maximum Gasteiger partial charge on any atom is 0.253 e. The average molecular weight is 216 g/mol. The van der Waals surface area contributed by atoms with Crippen LogP contribution in [-0.4, -0.2) is 11.9 Å². The highest BCUT2D eigenvalue weighted by molar-refractivity contribution is 7.13. The molecule has 0 saturated heterocycles. The Morgan fingerprint density at radius 2 is 2.40 bits per heavy atom. The molecule has 0 atom stereocenters. The molecule has 0 aromatic carbocycles. The molecule has 1 heterocycles. The van der Waals surface area contributed by atoms with Gasteiger partial charge in [-0.3, -0.25) is 4.79 Å². The first kappa shape index (κ1) is 9.76. The van der Waals surface area contributed by atoms with Gasteiger partial charge in [-0.05, 0) is 18.9 Å². The monoisotopic (exact) mass is 216 g/mol. The first-order valence-corrected chi connectivity index (χ1v) is 5.37. The number of hydrogen-bond donors (Lipinski definition) is 1. The van der Waals surface area contributed by atoms with Crippen molar-refractivity contribution in [2.75, 3.05) is 0 Å². The van der Waals surface area contributed by atoms with Crippen molar-refractivity contribution in [3.8, 4) is 18.4 Å². The topological polar surface area (TPSA) is 52.9 Å². The molecule has 1 amide bonds. The number of terminal acetylenes is 1. The van der Waals surface area contributed by atoms with Gasteiger partial charge in [-0.2, -0.15) is 5.26 Å². The van der Waals surface area contributed by atoms with E-state index in [-0.39, 0.29) is 5.91 Å². The normalized spacial score (nSPS) is 14.0. The van der Waals surface area contributed by atoms with Crippen LogP contribution < -0.4 is 5.32 Å². The fourth-order valence-corrected chi connectivity index (χ4v) is 1.97. The Labute approximate surface area is 91.7 Å². The molecule has 0 spiro atoms. The largest absolute Gasteiger partial charge is 0.349 e. The summed E-state index contributed by atoms with van der Waals surface area (Å²) in [5, 5.41) is 11.7. The maximum absolute atomic E-state index is 11.7. The first-order chi connectivity index (χ1) is 7.24. The number of rotatable bonds is 2. The van der Waals surface area contributed by atoms with Gasteiger partial charge in [-0.1, -0.05) is 5.92 Å². The van der Waals surface area contributed by atoms with Crippen LogP contribution in [-0.2, 0) is 0 Å². The van der Waals surface area contributed by atoms with E-state index >= 15 is 0 Å². The summed E-state index contributed by atoms with van der Waals surface area (Å²) < 4.78 is 0. The molecule has 4 heteroatoms. The number of amides is 1. The van der Waals surface area contributed by atoms with Gasteiger partial charge in [0.2, 0.25) is 0 Å². The number of nitrogens with zero attached hydrogens (tertiary/aromatic N) is 1. The maximum atomic E-state index is 11.7. The van der Waals surface area contributed by atoms with Gasteiger partial charge in [0, 0.05) is 6.04 Å². The zero-order chi connectivity index (χ0) is 10.8. The molecule has 1 aromatic rings. The molecule has 15 heavy (non-hydrogen) atoms. The lowest BCUT2D eigenvalue weighted by atomic mass is 10.2. The Morgan fingerprint density at radius 1 is 1.67 bits per heavy atom. The van der Waals surface area contributed by atoms with Crippen molar-refractivity contribution in [3.05, 3.63) is 21.4 Å². The van der Waals surface area contributed by atoms with E-state index in [0.717, 1.165) is 12.8 Å². The third kappa shape index (κ3) is 2.01. The number of carbonyl (C=O) groups excluding carboxylic acids is 1. The van der Waals surface area contributed by atoms with Crippen LogP contribution in [0.3, 0.4) is 0 Å². The highest BCUT2D eigenvalue weighted by Gasteiger charge is 2.25. The van der Waals surface area contributed by atoms with Gasteiger partial charge < -0.3 is 5.32 Å². The molecule has 3 nitrogen and oxygen atoms in total. The van der Waals surface area contributed by atoms with Crippen LogP contribution in [0, 0.1) is 23.7 Å². The average Bonchev–Trinajstić information content (AvgIpc) is 2.95. The van der Waals surface area contributed by atoms with Gasteiger partial charge in [0.25, 0.3) is 5.91 Å². The second kappa shape index (κ2) is 3.76. The van der Waals surface area contributed by atoms with E-state index in [9.17, 15) is 4.79 Å². The van der Waals surface area contributed by atoms with Crippen LogP contribution in [0.15, 0.2) is 6.07 Å². The van der Waals surface area contributed by atoms with Crippen molar-refractivity contribution in [3.63, 3.8) is 0 Å². The summed E-state index contributed by atoms with van der Waals surface area (Å²) in [4.78, 5) is 12.7. The fraction of sp³-hybridized carbons (Fsp3) is 0.273. The summed E-state index contributed by atoms with van der Waals surface area (Å²) in [6.45, 7) is 0. The molecule has 74 valence electrons. The summed E-state index contributed by atoms with van der Waals surface area (Å²) in [7, 11) is 0. The minimum Gasteiger partial charge on any atom is -0.349 e. The molecular formula is C11H8N2OS. The van der Waals surface area contributed by atoms with Crippen molar-refractivity contribution in [1.82, 2.24) is 5.32 Å². The van der Waals surface area contributed by atoms with E-state index in [1.54, 1.807) is 6.07 Å². The van der Waals surface area contributed by atoms with Crippen molar-refractivity contribution < 1.29 is 4.79 Å². The molecule has 1 aliphatic rings. The Kier molecular flexibility index (Phi) is 2.45. The highest BCUT2D eigenvalue weighted by atomic mass is 32.1. The SMILES string of the molecule is C#Cc1cc(C(=O)NC2CC2)c(C#N)s1. The predicted octanol–water partition coefficient (Wildman–Crippen LogP) is 1.49. The van der Waals surface area contributed by atoms with E-state index in [1.807, 2.05) is 6.07 Å². The smallest absolute Gasteiger partial charge is 0.253 e. The van der Waals surface area contributed by atoms with Gasteiger partial charge in [-0.15, -0.1) is 17.8 Å². The van der Waals surface area contributed by atoms with Gasteiger partial charge >= 0.3 is 0 Å². The number of carbonyl (C=O) groups is 1. The van der Waals surface area contributed by atoms with Crippen LogP contribution in [0.2, 0.25) is 0 Å². The van der Waals surface area contributed by atoms with Crippen LogP contribution in [0.25, 0.3) is 0 Å². The lowest BCUT2D eigenvalue weighted by molar-refractivity contribution is 0.0951. The lowest BCUT2D eigenvalue weighted by Gasteiger charge is -1.99. The molecule has 0 unspecified atom stereocenters. The third-order valence-corrected chi connectivity index (χ3v) is 3.10. The van der Waals surface area contributed by atoms with E-state index in [4.69, 9.17) is 11.7 Å².